The van der Waals surface area contributed by atoms with Crippen molar-refractivity contribution in [3.63, 3.8) is 0 Å². The number of thioether (sulfide) groups is 1. The molecule has 0 radical (unpaired) electrons. The molecule has 0 unspecified atom stereocenters. The van der Waals surface area contributed by atoms with Gasteiger partial charge in [-0.2, -0.15) is 0 Å². The largest absolute Gasteiger partial charge is 0.269 e. The molecule has 0 aliphatic heterocycles. The number of rotatable bonds is 4. The summed E-state index contributed by atoms with van der Waals surface area (Å²) < 4.78 is 0. The Morgan fingerprint density at radius 3 is 2.78 bits per heavy atom. The van der Waals surface area contributed by atoms with Crippen LogP contribution in [-0.2, 0) is 0 Å². The molecule has 2 aromatic rings. The van der Waals surface area contributed by atoms with Crippen molar-refractivity contribution < 1.29 is 4.92 Å². The average molecular weight is 260 g/mol. The van der Waals surface area contributed by atoms with Crippen molar-refractivity contribution in [3.05, 3.63) is 34.4 Å². The van der Waals surface area contributed by atoms with E-state index in [9.17, 15) is 10.1 Å². The van der Waals surface area contributed by atoms with Crippen LogP contribution in [-0.4, -0.2) is 25.9 Å². The first kappa shape index (κ1) is 12.1. The Hall–Kier alpha value is -2.33. The predicted octanol–water partition coefficient (Wildman–Crippen LogP) is 2.11. The summed E-state index contributed by atoms with van der Waals surface area (Å²) in [5.74, 6) is 3.54. The molecule has 0 bridgehead atoms. The number of aromatic nitrogens is 3. The van der Waals surface area contributed by atoms with Gasteiger partial charge in [-0.25, -0.2) is 4.98 Å². The van der Waals surface area contributed by atoms with Gasteiger partial charge in [-0.3, -0.25) is 15.2 Å². The van der Waals surface area contributed by atoms with Crippen LogP contribution in [0.4, 0.5) is 5.69 Å². The van der Waals surface area contributed by atoms with Crippen LogP contribution < -0.4 is 0 Å². The highest BCUT2D eigenvalue weighted by molar-refractivity contribution is 7.99. The molecule has 0 saturated carbocycles. The molecule has 1 heterocycles. The van der Waals surface area contributed by atoms with Crippen LogP contribution in [0.5, 0.6) is 0 Å². The van der Waals surface area contributed by atoms with Gasteiger partial charge < -0.3 is 0 Å². The molecule has 0 aliphatic carbocycles. The van der Waals surface area contributed by atoms with Gasteiger partial charge in [-0.1, -0.05) is 17.7 Å². The molecule has 0 amide bonds. The lowest BCUT2D eigenvalue weighted by molar-refractivity contribution is -0.384. The van der Waals surface area contributed by atoms with Gasteiger partial charge in [0.25, 0.3) is 5.69 Å². The number of H-pyrrole nitrogens is 1. The van der Waals surface area contributed by atoms with Crippen LogP contribution >= 0.6 is 11.8 Å². The molecule has 1 N–H and O–H groups in total. The fraction of sp³-hybridized carbons (Fsp3) is 0.0909. The van der Waals surface area contributed by atoms with E-state index in [1.54, 1.807) is 12.1 Å². The van der Waals surface area contributed by atoms with Crippen LogP contribution in [0, 0.1) is 22.5 Å². The number of nitrogens with one attached hydrogen (secondary N) is 1. The fourth-order valence-electron chi connectivity index (χ4n) is 1.29. The minimum atomic E-state index is -0.446. The fourth-order valence-corrected chi connectivity index (χ4v) is 1.77. The van der Waals surface area contributed by atoms with E-state index in [4.69, 9.17) is 6.42 Å². The summed E-state index contributed by atoms with van der Waals surface area (Å²) in [7, 11) is 0. The lowest BCUT2D eigenvalue weighted by Crippen LogP contribution is -1.87. The van der Waals surface area contributed by atoms with E-state index in [0.29, 0.717) is 16.7 Å². The standard InChI is InChI=1S/C11H8N4O2S/c1-2-7-18-11-12-10(13-14-11)8-3-5-9(6-4-8)15(16)17/h1,3-6H,7H2,(H,12,13,14). The zero-order valence-corrected chi connectivity index (χ0v) is 9.98. The van der Waals surface area contributed by atoms with Crippen molar-refractivity contribution in [3.8, 4) is 23.7 Å². The van der Waals surface area contributed by atoms with Crippen LogP contribution in [0.1, 0.15) is 0 Å². The van der Waals surface area contributed by atoms with Gasteiger partial charge in [-0.15, -0.1) is 11.5 Å². The molecule has 0 atom stereocenters. The van der Waals surface area contributed by atoms with E-state index >= 15 is 0 Å². The molecule has 1 aromatic carbocycles. The number of non-ortho nitro benzene ring substituents is 1. The zero-order chi connectivity index (χ0) is 13.0. The minimum absolute atomic E-state index is 0.0418. The Balaban J connectivity index is 2.18. The second-order valence-corrected chi connectivity index (χ2v) is 4.21. The molecule has 0 saturated heterocycles. The zero-order valence-electron chi connectivity index (χ0n) is 9.16. The van der Waals surface area contributed by atoms with Crippen molar-refractivity contribution in [2.45, 2.75) is 5.16 Å². The Kier molecular flexibility index (Phi) is 3.60. The van der Waals surface area contributed by atoms with E-state index in [2.05, 4.69) is 21.1 Å². The highest BCUT2D eigenvalue weighted by Gasteiger charge is 2.08. The number of hydrogen-bond donors (Lipinski definition) is 1. The highest BCUT2D eigenvalue weighted by atomic mass is 32.2. The monoisotopic (exact) mass is 260 g/mol. The second kappa shape index (κ2) is 5.33. The van der Waals surface area contributed by atoms with Crippen molar-refractivity contribution in [2.24, 2.45) is 0 Å². The number of nitro groups is 1. The van der Waals surface area contributed by atoms with Gasteiger partial charge in [0.2, 0.25) is 5.16 Å². The molecular formula is C11H8N4O2S. The van der Waals surface area contributed by atoms with Gasteiger partial charge in [0.05, 0.1) is 10.7 Å². The van der Waals surface area contributed by atoms with Crippen molar-refractivity contribution in [1.82, 2.24) is 15.2 Å². The Morgan fingerprint density at radius 1 is 1.44 bits per heavy atom. The first-order valence-electron chi connectivity index (χ1n) is 4.94. The number of nitrogens with zero attached hydrogens (tertiary/aromatic N) is 3. The third-order valence-corrected chi connectivity index (χ3v) is 2.85. The maximum atomic E-state index is 10.5. The van der Waals surface area contributed by atoms with Gasteiger partial charge in [0.1, 0.15) is 0 Å². The molecule has 18 heavy (non-hydrogen) atoms. The maximum absolute atomic E-state index is 10.5. The molecule has 2 rings (SSSR count). The third kappa shape index (κ3) is 2.67. The molecular weight excluding hydrogens is 252 g/mol. The third-order valence-electron chi connectivity index (χ3n) is 2.10. The molecule has 1 aromatic heterocycles. The summed E-state index contributed by atoms with van der Waals surface area (Å²) in [5, 5.41) is 17.8. The Labute approximate surface area is 107 Å². The second-order valence-electron chi connectivity index (χ2n) is 3.26. The minimum Gasteiger partial charge on any atom is -0.258 e. The van der Waals surface area contributed by atoms with Gasteiger partial charge in [-0.05, 0) is 12.1 Å². The van der Waals surface area contributed by atoms with Crippen molar-refractivity contribution in [2.75, 3.05) is 5.75 Å². The summed E-state index contributed by atoms with van der Waals surface area (Å²) >= 11 is 1.35. The van der Waals surface area contributed by atoms with E-state index in [1.165, 1.54) is 23.9 Å². The topological polar surface area (TPSA) is 84.7 Å². The van der Waals surface area contributed by atoms with E-state index in [0.717, 1.165) is 5.56 Å². The van der Waals surface area contributed by atoms with Gasteiger partial charge in [0, 0.05) is 17.7 Å². The Bertz CT molecular complexity index is 600. The molecule has 7 heteroatoms. The first-order valence-corrected chi connectivity index (χ1v) is 5.93. The van der Waals surface area contributed by atoms with Crippen LogP contribution in [0.3, 0.4) is 0 Å². The normalized spacial score (nSPS) is 9.94. The first-order chi connectivity index (χ1) is 8.70. The van der Waals surface area contributed by atoms with Gasteiger partial charge >= 0.3 is 0 Å². The Morgan fingerprint density at radius 2 is 2.17 bits per heavy atom. The highest BCUT2D eigenvalue weighted by Crippen LogP contribution is 2.21. The smallest absolute Gasteiger partial charge is 0.258 e. The summed E-state index contributed by atoms with van der Waals surface area (Å²) in [6.07, 6.45) is 5.14. The van der Waals surface area contributed by atoms with Crippen LogP contribution in [0.15, 0.2) is 29.4 Å². The van der Waals surface area contributed by atoms with Crippen LogP contribution in [0.2, 0.25) is 0 Å². The summed E-state index contributed by atoms with van der Waals surface area (Å²) in [5.41, 5.74) is 0.779. The predicted molar refractivity (Wildman–Crippen MR) is 68.0 cm³/mol. The SMILES string of the molecule is C#CCSc1n[nH]c(-c2ccc([N+](=O)[O-])cc2)n1. The molecule has 0 spiro atoms. The molecule has 0 aliphatic rings. The van der Waals surface area contributed by atoms with E-state index < -0.39 is 4.92 Å². The maximum Gasteiger partial charge on any atom is 0.269 e. The lowest BCUT2D eigenvalue weighted by atomic mass is 10.2. The number of nitro benzene ring substituents is 1. The quantitative estimate of drug-likeness (QED) is 0.394. The molecule has 90 valence electrons. The van der Waals surface area contributed by atoms with E-state index in [-0.39, 0.29) is 5.69 Å². The number of aromatic amines is 1. The summed E-state index contributed by atoms with van der Waals surface area (Å²) in [6.45, 7) is 0. The number of benzene rings is 1. The summed E-state index contributed by atoms with van der Waals surface area (Å²) in [4.78, 5) is 14.3. The molecule has 6 nitrogen and oxygen atoms in total. The van der Waals surface area contributed by atoms with E-state index in [1.807, 2.05) is 0 Å². The summed E-state index contributed by atoms with van der Waals surface area (Å²) in [6, 6.07) is 6.08. The lowest BCUT2D eigenvalue weighted by Gasteiger charge is -1.95. The van der Waals surface area contributed by atoms with Crippen molar-refractivity contribution >= 4 is 17.4 Å². The van der Waals surface area contributed by atoms with Crippen LogP contribution in [0.25, 0.3) is 11.4 Å². The number of terminal acetylenes is 1. The average Bonchev–Trinajstić information content (AvgIpc) is 2.85. The number of hydrogen-bond acceptors (Lipinski definition) is 5. The van der Waals surface area contributed by atoms with Crippen molar-refractivity contribution in [1.29, 1.82) is 0 Å². The molecule has 0 fully saturated rings. The van der Waals surface area contributed by atoms with Gasteiger partial charge in [0.15, 0.2) is 5.82 Å².